The Hall–Kier alpha value is -2.49. The molecule has 2 aromatic carbocycles. The summed E-state index contributed by atoms with van der Waals surface area (Å²) in [6, 6.07) is 14.0. The number of aryl methyl sites for hydroxylation is 3. The summed E-state index contributed by atoms with van der Waals surface area (Å²) in [5.74, 6) is 1.58. The number of rotatable bonds is 9. The van der Waals surface area contributed by atoms with Crippen LogP contribution < -0.4 is 14.8 Å². The highest BCUT2D eigenvalue weighted by molar-refractivity contribution is 5.81. The summed E-state index contributed by atoms with van der Waals surface area (Å²) in [7, 11) is 1.66. The van der Waals surface area contributed by atoms with E-state index in [1.54, 1.807) is 7.11 Å². The lowest BCUT2D eigenvalue weighted by atomic mass is 10.1. The largest absolute Gasteiger partial charge is 0.497 e. The Kier molecular flexibility index (Phi) is 7.52. The number of nitrogens with one attached hydrogen (secondary N) is 1. The van der Waals surface area contributed by atoms with E-state index >= 15 is 0 Å². The summed E-state index contributed by atoms with van der Waals surface area (Å²) >= 11 is 0. The maximum absolute atomic E-state index is 12.4. The molecule has 0 saturated heterocycles. The zero-order valence-corrected chi connectivity index (χ0v) is 16.2. The number of hydrogen-bond donors (Lipinski definition) is 1. The van der Waals surface area contributed by atoms with Gasteiger partial charge in [-0.15, -0.1) is 0 Å². The van der Waals surface area contributed by atoms with Crippen LogP contribution in [0.5, 0.6) is 11.5 Å². The SMILES string of the molecule is CC[C@H](Oc1ccc(C)cc1C)C(=O)NCCCc1ccc(OC)cc1. The zero-order chi connectivity index (χ0) is 18.9. The van der Waals surface area contributed by atoms with Gasteiger partial charge in [0.15, 0.2) is 6.10 Å². The molecule has 140 valence electrons. The standard InChI is InChI=1S/C22H29NO3/c1-5-20(26-21-13-8-16(2)15-17(21)3)22(24)23-14-6-7-18-9-11-19(25-4)12-10-18/h8-13,15,20H,5-7,14H2,1-4H3,(H,23,24)/t20-/m0/s1. The van der Waals surface area contributed by atoms with Crippen molar-refractivity contribution < 1.29 is 14.3 Å². The van der Waals surface area contributed by atoms with E-state index in [1.165, 1.54) is 11.1 Å². The van der Waals surface area contributed by atoms with Gasteiger partial charge in [0.25, 0.3) is 5.91 Å². The van der Waals surface area contributed by atoms with Crippen LogP contribution in [0.4, 0.5) is 0 Å². The molecular weight excluding hydrogens is 326 g/mol. The molecule has 0 saturated carbocycles. The van der Waals surface area contributed by atoms with Gasteiger partial charge in [0.1, 0.15) is 11.5 Å². The minimum Gasteiger partial charge on any atom is -0.497 e. The highest BCUT2D eigenvalue weighted by Gasteiger charge is 2.18. The number of hydrogen-bond acceptors (Lipinski definition) is 3. The summed E-state index contributed by atoms with van der Waals surface area (Å²) < 4.78 is 11.1. The van der Waals surface area contributed by atoms with Crippen molar-refractivity contribution in [3.8, 4) is 11.5 Å². The predicted octanol–water partition coefficient (Wildman–Crippen LogP) is 4.22. The van der Waals surface area contributed by atoms with Gasteiger partial charge in [-0.25, -0.2) is 0 Å². The third kappa shape index (κ3) is 5.80. The molecule has 0 radical (unpaired) electrons. The second kappa shape index (κ2) is 9.85. The van der Waals surface area contributed by atoms with Gasteiger partial charge in [-0.1, -0.05) is 36.8 Å². The first-order valence-electron chi connectivity index (χ1n) is 9.18. The maximum atomic E-state index is 12.4. The number of ether oxygens (including phenoxy) is 2. The summed E-state index contributed by atoms with van der Waals surface area (Å²) in [5, 5.41) is 2.99. The third-order valence-electron chi connectivity index (χ3n) is 4.36. The van der Waals surface area contributed by atoms with E-state index in [1.807, 2.05) is 45.0 Å². The van der Waals surface area contributed by atoms with Crippen molar-refractivity contribution in [2.75, 3.05) is 13.7 Å². The van der Waals surface area contributed by atoms with Crippen molar-refractivity contribution in [2.24, 2.45) is 0 Å². The molecule has 0 aromatic heterocycles. The molecule has 2 aromatic rings. The van der Waals surface area contributed by atoms with Crippen LogP contribution in [0.1, 0.15) is 36.5 Å². The van der Waals surface area contributed by atoms with E-state index in [9.17, 15) is 4.79 Å². The maximum Gasteiger partial charge on any atom is 0.261 e. The van der Waals surface area contributed by atoms with Crippen molar-refractivity contribution in [3.05, 3.63) is 59.2 Å². The molecule has 0 aliphatic carbocycles. The molecule has 0 heterocycles. The molecular formula is C22H29NO3. The molecule has 0 aliphatic heterocycles. The van der Waals surface area contributed by atoms with E-state index in [2.05, 4.69) is 23.5 Å². The van der Waals surface area contributed by atoms with Crippen LogP contribution in [0.25, 0.3) is 0 Å². The lowest BCUT2D eigenvalue weighted by molar-refractivity contribution is -0.128. The van der Waals surface area contributed by atoms with Crippen LogP contribution in [0, 0.1) is 13.8 Å². The van der Waals surface area contributed by atoms with Crippen LogP contribution in [0.2, 0.25) is 0 Å². The van der Waals surface area contributed by atoms with Crippen molar-refractivity contribution in [2.45, 2.75) is 46.1 Å². The molecule has 4 heteroatoms. The normalized spacial score (nSPS) is 11.7. The molecule has 1 N–H and O–H groups in total. The van der Waals surface area contributed by atoms with Crippen molar-refractivity contribution in [1.29, 1.82) is 0 Å². The first kappa shape index (κ1) is 19.8. The molecule has 0 spiro atoms. The van der Waals surface area contributed by atoms with Gasteiger partial charge in [-0.3, -0.25) is 4.79 Å². The summed E-state index contributed by atoms with van der Waals surface area (Å²) in [6.45, 7) is 6.65. The molecule has 1 amide bonds. The molecule has 0 aliphatic rings. The number of amides is 1. The Morgan fingerprint density at radius 2 is 1.85 bits per heavy atom. The average Bonchev–Trinajstić information content (AvgIpc) is 2.65. The molecule has 1 atom stereocenters. The monoisotopic (exact) mass is 355 g/mol. The van der Waals surface area contributed by atoms with Gasteiger partial charge in [-0.2, -0.15) is 0 Å². The topological polar surface area (TPSA) is 47.6 Å². The fourth-order valence-corrected chi connectivity index (χ4v) is 2.82. The Bertz CT molecular complexity index is 710. The third-order valence-corrected chi connectivity index (χ3v) is 4.36. The van der Waals surface area contributed by atoms with E-state index in [0.717, 1.165) is 29.9 Å². The second-order valence-corrected chi connectivity index (χ2v) is 6.53. The van der Waals surface area contributed by atoms with E-state index < -0.39 is 6.10 Å². The van der Waals surface area contributed by atoms with Crippen LogP contribution in [-0.2, 0) is 11.2 Å². The lowest BCUT2D eigenvalue weighted by Crippen LogP contribution is -2.38. The van der Waals surface area contributed by atoms with Crippen molar-refractivity contribution in [3.63, 3.8) is 0 Å². The Morgan fingerprint density at radius 1 is 1.12 bits per heavy atom. The van der Waals surface area contributed by atoms with Gasteiger partial charge >= 0.3 is 0 Å². The van der Waals surface area contributed by atoms with Crippen LogP contribution in [-0.4, -0.2) is 25.7 Å². The average molecular weight is 355 g/mol. The number of methoxy groups -OCH3 is 1. The van der Waals surface area contributed by atoms with Gasteiger partial charge in [0.2, 0.25) is 0 Å². The van der Waals surface area contributed by atoms with Crippen LogP contribution >= 0.6 is 0 Å². The fraction of sp³-hybridized carbons (Fsp3) is 0.409. The molecule has 0 fully saturated rings. The predicted molar refractivity (Wildman–Crippen MR) is 105 cm³/mol. The van der Waals surface area contributed by atoms with Crippen molar-refractivity contribution in [1.82, 2.24) is 5.32 Å². The molecule has 4 nitrogen and oxygen atoms in total. The highest BCUT2D eigenvalue weighted by Crippen LogP contribution is 2.21. The van der Waals surface area contributed by atoms with Crippen molar-refractivity contribution >= 4 is 5.91 Å². The fourth-order valence-electron chi connectivity index (χ4n) is 2.82. The van der Waals surface area contributed by atoms with Gasteiger partial charge < -0.3 is 14.8 Å². The Labute approximate surface area is 156 Å². The summed E-state index contributed by atoms with van der Waals surface area (Å²) in [6.07, 6.45) is 1.98. The lowest BCUT2D eigenvalue weighted by Gasteiger charge is -2.19. The second-order valence-electron chi connectivity index (χ2n) is 6.53. The molecule has 26 heavy (non-hydrogen) atoms. The minimum absolute atomic E-state index is 0.0535. The number of carbonyl (C=O) groups is 1. The zero-order valence-electron chi connectivity index (χ0n) is 16.2. The van der Waals surface area contributed by atoms with Crippen LogP contribution in [0.3, 0.4) is 0 Å². The summed E-state index contributed by atoms with van der Waals surface area (Å²) in [4.78, 5) is 12.4. The number of carbonyl (C=O) groups excluding carboxylic acids is 1. The van der Waals surface area contributed by atoms with E-state index in [0.29, 0.717) is 13.0 Å². The Morgan fingerprint density at radius 3 is 2.46 bits per heavy atom. The highest BCUT2D eigenvalue weighted by atomic mass is 16.5. The quantitative estimate of drug-likeness (QED) is 0.685. The summed E-state index contributed by atoms with van der Waals surface area (Å²) in [5.41, 5.74) is 3.47. The van der Waals surface area contributed by atoms with E-state index in [4.69, 9.17) is 9.47 Å². The van der Waals surface area contributed by atoms with E-state index in [-0.39, 0.29) is 5.91 Å². The molecule has 0 bridgehead atoms. The van der Waals surface area contributed by atoms with Gasteiger partial charge in [0, 0.05) is 6.54 Å². The molecule has 0 unspecified atom stereocenters. The molecule has 2 rings (SSSR count). The number of benzene rings is 2. The minimum atomic E-state index is -0.461. The van der Waals surface area contributed by atoms with Gasteiger partial charge in [-0.05, 0) is 62.4 Å². The Balaban J connectivity index is 1.79. The first-order chi connectivity index (χ1) is 12.5. The van der Waals surface area contributed by atoms with Gasteiger partial charge in [0.05, 0.1) is 7.11 Å². The van der Waals surface area contributed by atoms with Crippen LogP contribution in [0.15, 0.2) is 42.5 Å². The first-order valence-corrected chi connectivity index (χ1v) is 9.18. The smallest absolute Gasteiger partial charge is 0.261 e.